The van der Waals surface area contributed by atoms with Crippen molar-refractivity contribution in [3.8, 4) is 5.69 Å². The van der Waals surface area contributed by atoms with Crippen LogP contribution in [0, 0.1) is 27.7 Å². The van der Waals surface area contributed by atoms with Crippen molar-refractivity contribution >= 4 is 34.6 Å². The Kier molecular flexibility index (Phi) is 5.92. The van der Waals surface area contributed by atoms with Gasteiger partial charge >= 0.3 is 0 Å². The lowest BCUT2D eigenvalue weighted by atomic mass is 9.96. The molecule has 34 heavy (non-hydrogen) atoms. The Morgan fingerprint density at radius 2 is 1.62 bits per heavy atom. The molecule has 0 unspecified atom stereocenters. The second-order valence-corrected chi connectivity index (χ2v) is 9.70. The molecule has 3 heterocycles. The van der Waals surface area contributed by atoms with Crippen molar-refractivity contribution in [1.29, 1.82) is 0 Å². The maximum Gasteiger partial charge on any atom is 0.174 e. The number of benzene rings is 2. The van der Waals surface area contributed by atoms with Crippen molar-refractivity contribution in [2.24, 2.45) is 0 Å². The van der Waals surface area contributed by atoms with Gasteiger partial charge in [0.05, 0.1) is 23.5 Å². The van der Waals surface area contributed by atoms with E-state index in [0.717, 1.165) is 11.4 Å². The molecule has 2 aromatic carbocycles. The minimum absolute atomic E-state index is 0.0622. The fourth-order valence-corrected chi connectivity index (χ4v) is 5.61. The number of nitrogens with zero attached hydrogens (tertiary/aromatic N) is 3. The summed E-state index contributed by atoms with van der Waals surface area (Å²) in [7, 11) is 0. The van der Waals surface area contributed by atoms with Gasteiger partial charge < -0.3 is 14.8 Å². The quantitative estimate of drug-likeness (QED) is 0.317. The fourth-order valence-electron chi connectivity index (χ4n) is 5.14. The number of aryl methyl sites for hydroxylation is 3. The molecule has 4 nitrogen and oxygen atoms in total. The first-order valence-corrected chi connectivity index (χ1v) is 12.2. The zero-order chi connectivity index (χ0) is 24.0. The Hall–Kier alpha value is -3.15. The largest absolute Gasteiger partial charge is 0.351 e. The first kappa shape index (κ1) is 22.6. The molecule has 0 amide bonds. The van der Waals surface area contributed by atoms with E-state index in [2.05, 4.69) is 77.8 Å². The van der Waals surface area contributed by atoms with Gasteiger partial charge in [-0.2, -0.15) is 0 Å². The van der Waals surface area contributed by atoms with Crippen LogP contribution in [0.2, 0.25) is 5.02 Å². The van der Waals surface area contributed by atoms with E-state index < -0.39 is 0 Å². The highest BCUT2D eigenvalue weighted by Gasteiger charge is 2.42. The molecule has 0 spiro atoms. The van der Waals surface area contributed by atoms with E-state index in [9.17, 15) is 0 Å². The van der Waals surface area contributed by atoms with Crippen molar-refractivity contribution in [3.05, 3.63) is 112 Å². The van der Waals surface area contributed by atoms with Crippen LogP contribution in [0.4, 0.5) is 5.69 Å². The maximum absolute atomic E-state index is 6.20. The molecule has 2 aromatic heterocycles. The van der Waals surface area contributed by atoms with Crippen molar-refractivity contribution in [3.63, 3.8) is 0 Å². The molecule has 0 bridgehead atoms. The molecule has 1 N–H and O–H groups in total. The minimum atomic E-state index is -0.0868. The summed E-state index contributed by atoms with van der Waals surface area (Å²) >= 11 is 12.1. The Labute approximate surface area is 211 Å². The predicted octanol–water partition coefficient (Wildman–Crippen LogP) is 6.94. The molecule has 1 aliphatic rings. The van der Waals surface area contributed by atoms with Gasteiger partial charge in [-0.05, 0) is 99.1 Å². The van der Waals surface area contributed by atoms with E-state index in [0.29, 0.717) is 10.1 Å². The van der Waals surface area contributed by atoms with Crippen LogP contribution in [0.5, 0.6) is 0 Å². The average molecular weight is 487 g/mol. The Morgan fingerprint density at radius 1 is 0.912 bits per heavy atom. The summed E-state index contributed by atoms with van der Waals surface area (Å²) in [6.45, 7) is 8.71. The van der Waals surface area contributed by atoms with E-state index in [1.165, 1.54) is 33.8 Å². The van der Waals surface area contributed by atoms with Crippen LogP contribution in [0.3, 0.4) is 0 Å². The number of thiocarbonyl (C=S) groups is 1. The van der Waals surface area contributed by atoms with Crippen LogP contribution in [0.1, 0.15) is 45.9 Å². The van der Waals surface area contributed by atoms with E-state index in [4.69, 9.17) is 23.8 Å². The number of anilines is 1. The molecule has 1 fully saturated rings. The number of aromatic nitrogens is 2. The Balaban J connectivity index is 1.71. The molecule has 2 atom stereocenters. The highest BCUT2D eigenvalue weighted by Crippen LogP contribution is 2.44. The molecule has 5 rings (SSSR count). The number of para-hydroxylation sites is 1. The van der Waals surface area contributed by atoms with Crippen LogP contribution in [-0.2, 0) is 0 Å². The zero-order valence-electron chi connectivity index (χ0n) is 19.7. The normalized spacial score (nSPS) is 17.8. The lowest BCUT2D eigenvalue weighted by Gasteiger charge is -2.28. The van der Waals surface area contributed by atoms with Gasteiger partial charge in [-0.25, -0.2) is 0 Å². The fraction of sp³-hybridized carbons (Fsp3) is 0.214. The summed E-state index contributed by atoms with van der Waals surface area (Å²) in [6, 6.07) is 22.5. The second kappa shape index (κ2) is 8.90. The lowest BCUT2D eigenvalue weighted by Crippen LogP contribution is -2.29. The molecule has 4 aromatic rings. The number of hydrogen-bond acceptors (Lipinski definition) is 2. The Morgan fingerprint density at radius 3 is 2.26 bits per heavy atom. The summed E-state index contributed by atoms with van der Waals surface area (Å²) in [5, 5.41) is 4.94. The third-order valence-corrected chi connectivity index (χ3v) is 7.22. The van der Waals surface area contributed by atoms with E-state index in [1.807, 2.05) is 42.6 Å². The average Bonchev–Trinajstić information content (AvgIpc) is 3.31. The first-order chi connectivity index (χ1) is 16.4. The summed E-state index contributed by atoms with van der Waals surface area (Å²) in [5.41, 5.74) is 9.33. The summed E-state index contributed by atoms with van der Waals surface area (Å²) in [4.78, 5) is 6.88. The highest BCUT2D eigenvalue weighted by atomic mass is 35.5. The minimum Gasteiger partial charge on any atom is -0.351 e. The molecule has 1 aliphatic heterocycles. The number of nitrogens with one attached hydrogen (secondary N) is 1. The maximum atomic E-state index is 6.20. The number of pyridine rings is 1. The molecule has 1 saturated heterocycles. The molecule has 172 valence electrons. The number of halogens is 1. The summed E-state index contributed by atoms with van der Waals surface area (Å²) < 4.78 is 2.37. The van der Waals surface area contributed by atoms with Gasteiger partial charge in [0.1, 0.15) is 0 Å². The van der Waals surface area contributed by atoms with Gasteiger partial charge in [0.25, 0.3) is 0 Å². The smallest absolute Gasteiger partial charge is 0.174 e. The van der Waals surface area contributed by atoms with Crippen molar-refractivity contribution in [2.45, 2.75) is 39.8 Å². The third-order valence-electron chi connectivity index (χ3n) is 6.65. The first-order valence-electron chi connectivity index (χ1n) is 11.4. The standard InChI is InChI=1S/C28H27ClN4S/c1-17-8-7-9-18(2)26(17)32-19(3)16-23(20(32)4)27-25(24-10-5-6-15-30-24)31-28(34)33(27)22-13-11-21(29)12-14-22/h5-16,25,27H,1-4H3,(H,31,34)/t25-,27-/m0/s1. The molecular formula is C28H27ClN4S. The Bertz CT molecular complexity index is 1340. The van der Waals surface area contributed by atoms with Gasteiger partial charge in [-0.3, -0.25) is 4.98 Å². The van der Waals surface area contributed by atoms with Gasteiger partial charge in [-0.15, -0.1) is 0 Å². The molecule has 6 heteroatoms. The third kappa shape index (κ3) is 3.79. The number of hydrogen-bond donors (Lipinski definition) is 1. The second-order valence-electron chi connectivity index (χ2n) is 8.88. The monoisotopic (exact) mass is 486 g/mol. The van der Waals surface area contributed by atoms with Crippen LogP contribution in [0.25, 0.3) is 5.69 Å². The number of rotatable bonds is 4. The summed E-state index contributed by atoms with van der Waals surface area (Å²) in [5.74, 6) is 0. The van der Waals surface area contributed by atoms with Gasteiger partial charge in [0, 0.05) is 28.3 Å². The lowest BCUT2D eigenvalue weighted by molar-refractivity contribution is 0.565. The van der Waals surface area contributed by atoms with E-state index >= 15 is 0 Å². The van der Waals surface area contributed by atoms with Crippen LogP contribution in [0.15, 0.2) is 72.9 Å². The molecule has 0 radical (unpaired) electrons. The molecule has 0 saturated carbocycles. The van der Waals surface area contributed by atoms with Crippen molar-refractivity contribution < 1.29 is 0 Å². The van der Waals surface area contributed by atoms with Crippen molar-refractivity contribution in [2.75, 3.05) is 4.90 Å². The van der Waals surface area contributed by atoms with E-state index in [1.54, 1.807) is 0 Å². The molecule has 0 aliphatic carbocycles. The topological polar surface area (TPSA) is 33.1 Å². The van der Waals surface area contributed by atoms with E-state index in [-0.39, 0.29) is 12.1 Å². The molecular weight excluding hydrogens is 460 g/mol. The highest BCUT2D eigenvalue weighted by molar-refractivity contribution is 7.80. The zero-order valence-corrected chi connectivity index (χ0v) is 21.3. The van der Waals surface area contributed by atoms with Gasteiger partial charge in [0.15, 0.2) is 5.11 Å². The predicted molar refractivity (Wildman–Crippen MR) is 144 cm³/mol. The van der Waals surface area contributed by atoms with Gasteiger partial charge in [0.2, 0.25) is 0 Å². The van der Waals surface area contributed by atoms with Crippen LogP contribution < -0.4 is 10.2 Å². The van der Waals surface area contributed by atoms with Crippen molar-refractivity contribution in [1.82, 2.24) is 14.9 Å². The van der Waals surface area contributed by atoms with Crippen LogP contribution >= 0.6 is 23.8 Å². The van der Waals surface area contributed by atoms with Gasteiger partial charge in [-0.1, -0.05) is 35.9 Å². The van der Waals surface area contributed by atoms with Crippen LogP contribution in [-0.4, -0.2) is 14.7 Å². The summed E-state index contributed by atoms with van der Waals surface area (Å²) in [6.07, 6.45) is 1.84. The SMILES string of the molecule is Cc1cccc(C)c1-n1c(C)cc([C@H]2[C@H](c3ccccn3)NC(=S)N2c2ccc(Cl)cc2)c1C.